The Morgan fingerprint density at radius 3 is 1.96 bits per heavy atom. The SMILES string of the molecule is [O-]N(O)C1CCC(CC2CCN(CC3CCC(Cl)CC3)CC2)CC1. The third-order valence-corrected chi connectivity index (χ3v) is 7.23. The molecule has 0 bridgehead atoms. The maximum atomic E-state index is 11.0. The van der Waals surface area contributed by atoms with Gasteiger partial charge in [-0.25, -0.2) is 0 Å². The quantitative estimate of drug-likeness (QED) is 0.575. The first-order chi connectivity index (χ1) is 11.6. The number of rotatable bonds is 5. The van der Waals surface area contributed by atoms with Crippen molar-refractivity contribution >= 4 is 11.6 Å². The van der Waals surface area contributed by atoms with E-state index in [-0.39, 0.29) is 11.3 Å². The van der Waals surface area contributed by atoms with Gasteiger partial charge in [0, 0.05) is 18.0 Å². The van der Waals surface area contributed by atoms with Crippen molar-refractivity contribution in [3.63, 3.8) is 0 Å². The van der Waals surface area contributed by atoms with Crippen LogP contribution in [0, 0.1) is 23.0 Å². The molecule has 3 aliphatic rings. The molecule has 0 aromatic rings. The predicted molar refractivity (Wildman–Crippen MR) is 98.1 cm³/mol. The van der Waals surface area contributed by atoms with Gasteiger partial charge >= 0.3 is 0 Å². The molecule has 0 atom stereocenters. The van der Waals surface area contributed by atoms with E-state index in [1.165, 1.54) is 64.6 Å². The second-order valence-corrected chi connectivity index (χ2v) is 9.19. The lowest BCUT2D eigenvalue weighted by Gasteiger charge is -2.39. The van der Waals surface area contributed by atoms with E-state index < -0.39 is 0 Å². The minimum atomic E-state index is -0.147. The fraction of sp³-hybridized carbons (Fsp3) is 1.00. The van der Waals surface area contributed by atoms with Crippen molar-refractivity contribution in [2.24, 2.45) is 17.8 Å². The Hall–Kier alpha value is 0.130. The molecule has 1 N–H and O–H groups in total. The molecule has 4 nitrogen and oxygen atoms in total. The molecule has 1 aliphatic heterocycles. The van der Waals surface area contributed by atoms with Crippen LogP contribution in [0.1, 0.15) is 70.6 Å². The summed E-state index contributed by atoms with van der Waals surface area (Å²) in [6.07, 6.45) is 13.0. The molecule has 1 saturated heterocycles. The number of hydrogen-bond acceptors (Lipinski definition) is 4. The van der Waals surface area contributed by atoms with Crippen molar-refractivity contribution < 1.29 is 5.21 Å². The molecule has 140 valence electrons. The second-order valence-electron chi connectivity index (χ2n) is 8.57. The molecule has 0 radical (unpaired) electrons. The van der Waals surface area contributed by atoms with E-state index in [0.29, 0.717) is 5.38 Å². The topological polar surface area (TPSA) is 49.8 Å². The van der Waals surface area contributed by atoms with Crippen molar-refractivity contribution in [1.29, 1.82) is 0 Å². The van der Waals surface area contributed by atoms with E-state index in [1.807, 2.05) is 0 Å². The average molecular weight is 358 g/mol. The molecule has 1 heterocycles. The Kier molecular flexibility index (Phi) is 7.23. The summed E-state index contributed by atoms with van der Waals surface area (Å²) in [6, 6.07) is -0.147. The molecule has 0 amide bonds. The molecule has 0 aromatic carbocycles. The lowest BCUT2D eigenvalue weighted by Crippen LogP contribution is -2.39. The molecule has 5 heteroatoms. The zero-order valence-electron chi connectivity index (χ0n) is 14.9. The van der Waals surface area contributed by atoms with Crippen molar-refractivity contribution in [2.45, 2.75) is 82.0 Å². The van der Waals surface area contributed by atoms with Gasteiger partial charge in [-0.1, -0.05) is 0 Å². The standard InChI is InChI=1S/C19H34ClN2O2/c20-18-5-1-17(2-6-18)14-21-11-9-16(10-12-21)13-15-3-7-19(8-4-15)22(23)24/h15-19,23H,1-14H2/q-1. The number of alkyl halides is 1. The lowest BCUT2D eigenvalue weighted by atomic mass is 9.78. The summed E-state index contributed by atoms with van der Waals surface area (Å²) in [5.74, 6) is 2.52. The van der Waals surface area contributed by atoms with Crippen LogP contribution in [0.15, 0.2) is 0 Å². The summed E-state index contributed by atoms with van der Waals surface area (Å²) in [5.41, 5.74) is 0. The molecule has 2 saturated carbocycles. The molecular weight excluding hydrogens is 324 g/mol. The van der Waals surface area contributed by atoms with Crippen molar-refractivity contribution in [3.05, 3.63) is 5.21 Å². The second kappa shape index (κ2) is 9.18. The minimum absolute atomic E-state index is 0.147. The highest BCUT2D eigenvalue weighted by Crippen LogP contribution is 2.35. The first kappa shape index (κ1) is 18.9. The molecule has 0 spiro atoms. The smallest absolute Gasteiger partial charge is 0.0336 e. The van der Waals surface area contributed by atoms with Crippen molar-refractivity contribution in [2.75, 3.05) is 19.6 Å². The molecule has 3 fully saturated rings. The van der Waals surface area contributed by atoms with Gasteiger partial charge in [0.1, 0.15) is 0 Å². The van der Waals surface area contributed by atoms with Crippen LogP contribution in [-0.2, 0) is 0 Å². The molecule has 24 heavy (non-hydrogen) atoms. The fourth-order valence-corrected chi connectivity index (χ4v) is 5.40. The maximum Gasteiger partial charge on any atom is 0.0336 e. The number of halogens is 1. The van der Waals surface area contributed by atoms with Crippen LogP contribution >= 0.6 is 11.6 Å². The van der Waals surface area contributed by atoms with Gasteiger partial charge in [-0.3, -0.25) is 5.23 Å². The van der Waals surface area contributed by atoms with Crippen LogP contribution in [0.4, 0.5) is 0 Å². The van der Waals surface area contributed by atoms with E-state index in [4.69, 9.17) is 16.8 Å². The highest BCUT2D eigenvalue weighted by atomic mass is 35.5. The molecule has 2 aliphatic carbocycles. The summed E-state index contributed by atoms with van der Waals surface area (Å²) in [5, 5.41) is 20.6. The van der Waals surface area contributed by atoms with E-state index >= 15 is 0 Å². The van der Waals surface area contributed by atoms with E-state index in [2.05, 4.69) is 4.90 Å². The molecule has 0 unspecified atom stereocenters. The van der Waals surface area contributed by atoms with E-state index in [0.717, 1.165) is 43.4 Å². The van der Waals surface area contributed by atoms with E-state index in [1.54, 1.807) is 0 Å². The van der Waals surface area contributed by atoms with Gasteiger partial charge in [-0.05, 0) is 101 Å². The number of likely N-dealkylation sites (tertiary alicyclic amines) is 1. The van der Waals surface area contributed by atoms with Crippen molar-refractivity contribution in [3.8, 4) is 0 Å². The zero-order valence-corrected chi connectivity index (χ0v) is 15.7. The highest BCUT2D eigenvalue weighted by Gasteiger charge is 2.28. The Morgan fingerprint density at radius 1 is 0.833 bits per heavy atom. The van der Waals surface area contributed by atoms with E-state index in [9.17, 15) is 5.21 Å². The van der Waals surface area contributed by atoms with Crippen LogP contribution in [-0.4, -0.2) is 46.4 Å². The van der Waals surface area contributed by atoms with Crippen LogP contribution in [0.2, 0.25) is 0 Å². The summed E-state index contributed by atoms with van der Waals surface area (Å²) < 4.78 is 0. The van der Waals surface area contributed by atoms with Crippen molar-refractivity contribution in [1.82, 2.24) is 10.1 Å². The van der Waals surface area contributed by atoms with Crippen LogP contribution in [0.5, 0.6) is 0 Å². The van der Waals surface area contributed by atoms with Crippen LogP contribution in [0.3, 0.4) is 0 Å². The van der Waals surface area contributed by atoms with Gasteiger partial charge in [0.15, 0.2) is 0 Å². The van der Waals surface area contributed by atoms with Crippen LogP contribution < -0.4 is 0 Å². The number of nitrogens with zero attached hydrogens (tertiary/aromatic N) is 2. The van der Waals surface area contributed by atoms with Gasteiger partial charge < -0.3 is 15.3 Å². The summed E-state index contributed by atoms with van der Waals surface area (Å²) in [6.45, 7) is 3.83. The lowest BCUT2D eigenvalue weighted by molar-refractivity contribution is -0.0923. The Balaban J connectivity index is 1.31. The first-order valence-electron chi connectivity index (χ1n) is 10.1. The predicted octanol–water partition coefficient (Wildman–Crippen LogP) is 4.63. The highest BCUT2D eigenvalue weighted by molar-refractivity contribution is 6.20. The first-order valence-corrected chi connectivity index (χ1v) is 10.6. The monoisotopic (exact) mass is 357 g/mol. The third-order valence-electron chi connectivity index (χ3n) is 6.80. The minimum Gasteiger partial charge on any atom is -0.762 e. The Morgan fingerprint density at radius 2 is 1.38 bits per heavy atom. The maximum absolute atomic E-state index is 11.0. The number of hydroxylamine groups is 2. The fourth-order valence-electron chi connectivity index (χ4n) is 5.15. The average Bonchev–Trinajstić information content (AvgIpc) is 2.59. The normalized spacial score (nSPS) is 37.0. The Labute approximate surface area is 152 Å². The number of hydrogen-bond donors (Lipinski definition) is 1. The molecule has 0 aromatic heterocycles. The Bertz CT molecular complexity index is 358. The van der Waals surface area contributed by atoms with Gasteiger partial charge in [-0.2, -0.15) is 0 Å². The summed E-state index contributed by atoms with van der Waals surface area (Å²) in [4.78, 5) is 2.69. The van der Waals surface area contributed by atoms with Gasteiger partial charge in [0.2, 0.25) is 0 Å². The van der Waals surface area contributed by atoms with Crippen LogP contribution in [0.25, 0.3) is 0 Å². The van der Waals surface area contributed by atoms with Gasteiger partial charge in [-0.15, -0.1) is 11.6 Å². The van der Waals surface area contributed by atoms with Gasteiger partial charge in [0.05, 0.1) is 0 Å². The molecule has 3 rings (SSSR count). The summed E-state index contributed by atoms with van der Waals surface area (Å²) >= 11 is 6.22. The third kappa shape index (κ3) is 5.57. The molecular formula is C19H34ClN2O2-. The largest absolute Gasteiger partial charge is 0.762 e. The zero-order chi connectivity index (χ0) is 16.9. The van der Waals surface area contributed by atoms with Gasteiger partial charge in [0.25, 0.3) is 0 Å². The number of piperidine rings is 1. The summed E-state index contributed by atoms with van der Waals surface area (Å²) in [7, 11) is 0.